The van der Waals surface area contributed by atoms with Crippen molar-refractivity contribution in [2.75, 3.05) is 7.05 Å². The van der Waals surface area contributed by atoms with Crippen molar-refractivity contribution in [3.63, 3.8) is 0 Å². The van der Waals surface area contributed by atoms with E-state index in [1.54, 1.807) is 48.5 Å². The van der Waals surface area contributed by atoms with E-state index in [0.717, 1.165) is 9.87 Å². The topological polar surface area (TPSA) is 71.5 Å². The molecule has 0 fully saturated rings. The lowest BCUT2D eigenvalue weighted by atomic mass is 9.94. The maximum atomic E-state index is 13.2. The molecule has 7 heteroatoms. The number of halogens is 1. The number of hydrogen-bond acceptors (Lipinski definition) is 4. The van der Waals surface area contributed by atoms with E-state index in [0.29, 0.717) is 10.6 Å². The van der Waals surface area contributed by atoms with Crippen molar-refractivity contribution in [3.05, 3.63) is 88.9 Å². The first-order chi connectivity index (χ1) is 13.8. The minimum Gasteiger partial charge on any atom is -0.292 e. The zero-order valence-corrected chi connectivity index (χ0v) is 16.9. The minimum absolute atomic E-state index is 0.0335. The van der Waals surface area contributed by atoms with Crippen molar-refractivity contribution in [1.82, 2.24) is 4.31 Å². The molecule has 1 atom stereocenters. The summed E-state index contributed by atoms with van der Waals surface area (Å²) in [7, 11) is -2.70. The first-order valence-electron chi connectivity index (χ1n) is 8.83. The van der Waals surface area contributed by atoms with Crippen LogP contribution in [0.25, 0.3) is 11.1 Å². The molecule has 1 heterocycles. The number of ketones is 2. The van der Waals surface area contributed by atoms with Gasteiger partial charge in [0.05, 0.1) is 4.90 Å². The second-order valence-electron chi connectivity index (χ2n) is 6.71. The smallest absolute Gasteiger partial charge is 0.244 e. The molecule has 146 valence electrons. The second-order valence-corrected chi connectivity index (χ2v) is 9.08. The molecule has 0 saturated carbocycles. The molecule has 1 aliphatic rings. The third-order valence-electron chi connectivity index (χ3n) is 5.00. The summed E-state index contributed by atoms with van der Waals surface area (Å²) in [6.45, 7) is 0. The summed E-state index contributed by atoms with van der Waals surface area (Å²) in [6.07, 6.45) is 0. The maximum Gasteiger partial charge on any atom is 0.244 e. The van der Waals surface area contributed by atoms with Gasteiger partial charge in [0.1, 0.15) is 0 Å². The first-order valence-corrected chi connectivity index (χ1v) is 10.6. The molecule has 0 aromatic heterocycles. The highest BCUT2D eigenvalue weighted by Crippen LogP contribution is 2.32. The molecule has 0 radical (unpaired) electrons. The highest BCUT2D eigenvalue weighted by molar-refractivity contribution is 7.89. The SMILES string of the molecule is CN1C(C(=O)c2cccc(-c3ccccc3Cl)c2)C(=O)c2ccccc2S1(=O)=O. The van der Waals surface area contributed by atoms with Crippen LogP contribution < -0.4 is 0 Å². The van der Waals surface area contributed by atoms with Gasteiger partial charge in [0.15, 0.2) is 17.6 Å². The van der Waals surface area contributed by atoms with Crippen LogP contribution in [0.15, 0.2) is 77.7 Å². The van der Waals surface area contributed by atoms with Gasteiger partial charge in [-0.05, 0) is 29.8 Å². The van der Waals surface area contributed by atoms with Crippen molar-refractivity contribution in [1.29, 1.82) is 0 Å². The molecule has 1 unspecified atom stereocenters. The van der Waals surface area contributed by atoms with Gasteiger partial charge >= 0.3 is 0 Å². The fourth-order valence-electron chi connectivity index (χ4n) is 3.48. The maximum absolute atomic E-state index is 13.2. The average Bonchev–Trinajstić information content (AvgIpc) is 2.73. The van der Waals surface area contributed by atoms with Gasteiger partial charge < -0.3 is 0 Å². The van der Waals surface area contributed by atoms with Crippen LogP contribution >= 0.6 is 11.6 Å². The standard InChI is InChI=1S/C22H16ClNO4S/c1-24-20(22(26)17-10-3-5-12-19(17)29(24,27)28)21(25)15-8-6-7-14(13-15)16-9-2-4-11-18(16)23/h2-13,20H,1H3. The lowest BCUT2D eigenvalue weighted by molar-refractivity contribution is 0.0784. The lowest BCUT2D eigenvalue weighted by Gasteiger charge is -2.31. The Labute approximate surface area is 173 Å². The molecule has 0 aliphatic carbocycles. The van der Waals surface area contributed by atoms with Crippen LogP contribution in [0.2, 0.25) is 5.02 Å². The quantitative estimate of drug-likeness (QED) is 0.468. The van der Waals surface area contributed by atoms with Gasteiger partial charge in [-0.1, -0.05) is 60.1 Å². The number of hydrogen-bond donors (Lipinski definition) is 0. The number of carbonyl (C=O) groups excluding carboxylic acids is 2. The van der Waals surface area contributed by atoms with E-state index in [-0.39, 0.29) is 16.0 Å². The van der Waals surface area contributed by atoms with E-state index in [2.05, 4.69) is 0 Å². The third-order valence-corrected chi connectivity index (χ3v) is 7.21. The number of Topliss-reactive ketones (excluding diaryl/α,β-unsaturated/α-hetero) is 2. The summed E-state index contributed by atoms with van der Waals surface area (Å²) in [5.74, 6) is -1.12. The molecule has 0 N–H and O–H groups in total. The Hall–Kier alpha value is -2.80. The first kappa shape index (κ1) is 19.5. The van der Waals surface area contributed by atoms with E-state index in [9.17, 15) is 18.0 Å². The molecule has 3 aromatic rings. The minimum atomic E-state index is -3.95. The molecule has 0 amide bonds. The number of carbonyl (C=O) groups is 2. The van der Waals surface area contributed by atoms with Gasteiger partial charge in [0.25, 0.3) is 0 Å². The van der Waals surface area contributed by atoms with Crippen LogP contribution in [0.3, 0.4) is 0 Å². The fourth-order valence-corrected chi connectivity index (χ4v) is 5.20. The monoisotopic (exact) mass is 425 g/mol. The second kappa shape index (κ2) is 7.22. The average molecular weight is 426 g/mol. The van der Waals surface area contributed by atoms with Crippen molar-refractivity contribution >= 4 is 33.2 Å². The number of likely N-dealkylation sites (N-methyl/N-ethyl adjacent to an activating group) is 1. The normalized spacial score (nSPS) is 18.3. The summed E-state index contributed by atoms with van der Waals surface area (Å²) in [6, 6.07) is 18.4. The third kappa shape index (κ3) is 3.19. The van der Waals surface area contributed by atoms with E-state index in [1.165, 1.54) is 19.2 Å². The summed E-state index contributed by atoms with van der Waals surface area (Å²) >= 11 is 6.25. The van der Waals surface area contributed by atoms with Gasteiger partial charge in [-0.2, -0.15) is 4.31 Å². The fraction of sp³-hybridized carbons (Fsp3) is 0.0909. The zero-order valence-electron chi connectivity index (χ0n) is 15.4. The van der Waals surface area contributed by atoms with Crippen LogP contribution in [-0.2, 0) is 10.0 Å². The highest BCUT2D eigenvalue weighted by atomic mass is 35.5. The molecule has 0 bridgehead atoms. The van der Waals surface area contributed by atoms with E-state index >= 15 is 0 Å². The van der Waals surface area contributed by atoms with Gasteiger partial charge in [-0.3, -0.25) is 9.59 Å². The molecule has 1 aliphatic heterocycles. The van der Waals surface area contributed by atoms with Gasteiger partial charge in [0.2, 0.25) is 10.0 Å². The largest absolute Gasteiger partial charge is 0.292 e. The Bertz CT molecular complexity index is 1250. The number of benzene rings is 3. The Morgan fingerprint density at radius 1 is 0.931 bits per heavy atom. The lowest BCUT2D eigenvalue weighted by Crippen LogP contribution is -2.51. The van der Waals surface area contributed by atoms with E-state index in [4.69, 9.17) is 11.6 Å². The molecule has 0 saturated heterocycles. The van der Waals surface area contributed by atoms with Gasteiger partial charge in [0, 0.05) is 28.8 Å². The van der Waals surface area contributed by atoms with E-state index < -0.39 is 27.6 Å². The van der Waals surface area contributed by atoms with Crippen molar-refractivity contribution in [2.24, 2.45) is 0 Å². The summed E-state index contributed by atoms with van der Waals surface area (Å²) in [5.41, 5.74) is 1.72. The Kier molecular flexibility index (Phi) is 4.86. The molecule has 3 aromatic carbocycles. The van der Waals surface area contributed by atoms with Crippen LogP contribution in [0.5, 0.6) is 0 Å². The molecule has 5 nitrogen and oxygen atoms in total. The summed E-state index contributed by atoms with van der Waals surface area (Å²) in [5, 5.41) is 0.527. The molecule has 0 spiro atoms. The summed E-state index contributed by atoms with van der Waals surface area (Å²) < 4.78 is 26.5. The number of nitrogens with zero attached hydrogens (tertiary/aromatic N) is 1. The van der Waals surface area contributed by atoms with E-state index in [1.807, 2.05) is 12.1 Å². The summed E-state index contributed by atoms with van der Waals surface area (Å²) in [4.78, 5) is 26.1. The van der Waals surface area contributed by atoms with Gasteiger partial charge in [-0.25, -0.2) is 8.42 Å². The molecule has 4 rings (SSSR count). The molecular formula is C22H16ClNO4S. The predicted molar refractivity (Wildman–Crippen MR) is 111 cm³/mol. The van der Waals surface area contributed by atoms with Crippen LogP contribution in [0.4, 0.5) is 0 Å². The van der Waals surface area contributed by atoms with Crippen molar-refractivity contribution < 1.29 is 18.0 Å². The predicted octanol–water partition coefficient (Wildman–Crippen LogP) is 4.08. The highest BCUT2D eigenvalue weighted by Gasteiger charge is 2.45. The zero-order chi connectivity index (χ0) is 20.8. The molecule has 29 heavy (non-hydrogen) atoms. The Morgan fingerprint density at radius 2 is 1.59 bits per heavy atom. The number of sulfonamides is 1. The Balaban J connectivity index is 1.79. The Morgan fingerprint density at radius 3 is 2.31 bits per heavy atom. The van der Waals surface area contributed by atoms with Crippen LogP contribution in [0, 0.1) is 0 Å². The van der Waals surface area contributed by atoms with Crippen molar-refractivity contribution in [3.8, 4) is 11.1 Å². The van der Waals surface area contributed by atoms with Crippen molar-refractivity contribution in [2.45, 2.75) is 10.9 Å². The number of fused-ring (bicyclic) bond motifs is 1. The number of rotatable bonds is 3. The molecular weight excluding hydrogens is 410 g/mol. The van der Waals surface area contributed by atoms with Gasteiger partial charge in [-0.15, -0.1) is 0 Å². The van der Waals surface area contributed by atoms with Crippen LogP contribution in [0.1, 0.15) is 20.7 Å². The van der Waals surface area contributed by atoms with Crippen LogP contribution in [-0.4, -0.2) is 37.4 Å².